The molecule has 1 fully saturated rings. The Morgan fingerprint density at radius 1 is 1.07 bits per heavy atom. The van der Waals surface area contributed by atoms with E-state index in [4.69, 9.17) is 9.47 Å². The summed E-state index contributed by atoms with van der Waals surface area (Å²) >= 11 is 0. The molecular formula is C24H29NO3. The van der Waals surface area contributed by atoms with Crippen LogP contribution < -0.4 is 4.74 Å². The fourth-order valence-electron chi connectivity index (χ4n) is 4.60. The van der Waals surface area contributed by atoms with Crippen LogP contribution in [0.5, 0.6) is 5.75 Å². The normalized spacial score (nSPS) is 23.3. The molecule has 2 atom stereocenters. The first-order valence-electron chi connectivity index (χ1n) is 10.4. The van der Waals surface area contributed by atoms with Gasteiger partial charge in [-0.3, -0.25) is 9.69 Å². The fourth-order valence-corrected chi connectivity index (χ4v) is 4.60. The van der Waals surface area contributed by atoms with E-state index in [0.29, 0.717) is 13.0 Å². The van der Waals surface area contributed by atoms with Gasteiger partial charge in [-0.1, -0.05) is 48.5 Å². The molecule has 2 aliphatic heterocycles. The van der Waals surface area contributed by atoms with Crippen molar-refractivity contribution in [3.63, 3.8) is 0 Å². The highest BCUT2D eigenvalue weighted by Crippen LogP contribution is 2.44. The van der Waals surface area contributed by atoms with Crippen molar-refractivity contribution in [3.05, 3.63) is 65.7 Å². The summed E-state index contributed by atoms with van der Waals surface area (Å²) in [6.45, 7) is 5.62. The number of fused-ring (bicyclic) bond motifs is 1. The smallest absolute Gasteiger partial charge is 0.321 e. The predicted molar refractivity (Wildman–Crippen MR) is 110 cm³/mol. The Bertz CT molecular complexity index is 801. The molecule has 1 saturated heterocycles. The first-order chi connectivity index (χ1) is 13.7. The maximum atomic E-state index is 13.7. The highest BCUT2D eigenvalue weighted by atomic mass is 16.5. The number of rotatable bonds is 5. The molecule has 0 saturated carbocycles. The molecule has 0 N–H and O–H groups in total. The molecule has 0 aliphatic carbocycles. The second-order valence-electron chi connectivity index (χ2n) is 7.94. The van der Waals surface area contributed by atoms with E-state index in [1.807, 2.05) is 61.5 Å². The van der Waals surface area contributed by atoms with Crippen LogP contribution in [0, 0.1) is 0 Å². The van der Waals surface area contributed by atoms with Gasteiger partial charge in [0.05, 0.1) is 6.61 Å². The minimum atomic E-state index is -0.826. The van der Waals surface area contributed by atoms with E-state index in [1.54, 1.807) is 0 Å². The summed E-state index contributed by atoms with van der Waals surface area (Å²) in [6, 6.07) is 18.0. The number of ether oxygens (including phenoxy) is 2. The minimum absolute atomic E-state index is 0.137. The number of carbonyl (C=O) groups excluding carboxylic acids is 1. The molecule has 28 heavy (non-hydrogen) atoms. The van der Waals surface area contributed by atoms with Crippen molar-refractivity contribution < 1.29 is 14.3 Å². The van der Waals surface area contributed by atoms with Gasteiger partial charge in [-0.05, 0) is 57.3 Å². The third kappa shape index (κ3) is 3.66. The van der Waals surface area contributed by atoms with Crippen molar-refractivity contribution in [1.82, 2.24) is 4.90 Å². The topological polar surface area (TPSA) is 38.8 Å². The van der Waals surface area contributed by atoms with Crippen molar-refractivity contribution in [2.45, 2.75) is 44.1 Å². The molecule has 2 aliphatic rings. The SMILES string of the molecule is CC(CN1CCCC1)OC(=O)C1(c2ccccc2)CCCOc2ccccc21. The second-order valence-corrected chi connectivity index (χ2v) is 7.94. The van der Waals surface area contributed by atoms with E-state index < -0.39 is 5.41 Å². The molecule has 2 unspecified atom stereocenters. The number of likely N-dealkylation sites (tertiary alicyclic amines) is 1. The van der Waals surface area contributed by atoms with Crippen LogP contribution in [0.4, 0.5) is 0 Å². The third-order valence-electron chi connectivity index (χ3n) is 5.94. The summed E-state index contributed by atoms with van der Waals surface area (Å²) in [5.41, 5.74) is 1.07. The number of hydrogen-bond donors (Lipinski definition) is 0. The molecule has 2 aromatic rings. The second kappa shape index (κ2) is 8.36. The van der Waals surface area contributed by atoms with Crippen LogP contribution in [0.25, 0.3) is 0 Å². The van der Waals surface area contributed by atoms with E-state index in [2.05, 4.69) is 4.90 Å². The lowest BCUT2D eigenvalue weighted by Gasteiger charge is -2.33. The van der Waals surface area contributed by atoms with Gasteiger partial charge in [0.1, 0.15) is 17.3 Å². The first kappa shape index (κ1) is 19.0. The zero-order valence-electron chi connectivity index (χ0n) is 16.6. The lowest BCUT2D eigenvalue weighted by Crippen LogP contribution is -2.42. The summed E-state index contributed by atoms with van der Waals surface area (Å²) in [5, 5.41) is 0. The monoisotopic (exact) mass is 379 g/mol. The number of carbonyl (C=O) groups is 1. The van der Waals surface area contributed by atoms with Crippen LogP contribution in [0.15, 0.2) is 54.6 Å². The lowest BCUT2D eigenvalue weighted by atomic mass is 9.71. The van der Waals surface area contributed by atoms with Crippen molar-refractivity contribution in [3.8, 4) is 5.75 Å². The van der Waals surface area contributed by atoms with Crippen LogP contribution in [0.1, 0.15) is 43.7 Å². The van der Waals surface area contributed by atoms with Crippen molar-refractivity contribution >= 4 is 5.97 Å². The van der Waals surface area contributed by atoms with Gasteiger partial charge in [0, 0.05) is 12.1 Å². The summed E-state index contributed by atoms with van der Waals surface area (Å²) in [6.07, 6.45) is 3.82. The molecule has 0 bridgehead atoms. The Hall–Kier alpha value is -2.33. The number of hydrogen-bond acceptors (Lipinski definition) is 4. The molecule has 2 heterocycles. The van der Waals surface area contributed by atoms with Crippen LogP contribution in [-0.4, -0.2) is 43.2 Å². The Kier molecular flexibility index (Phi) is 5.67. The average Bonchev–Trinajstić information content (AvgIpc) is 3.14. The number of para-hydroxylation sites is 1. The third-order valence-corrected chi connectivity index (χ3v) is 5.94. The van der Waals surface area contributed by atoms with Gasteiger partial charge >= 0.3 is 5.97 Å². The van der Waals surface area contributed by atoms with Gasteiger partial charge in [-0.15, -0.1) is 0 Å². The van der Waals surface area contributed by atoms with E-state index in [9.17, 15) is 4.79 Å². The Morgan fingerprint density at radius 3 is 2.57 bits per heavy atom. The van der Waals surface area contributed by atoms with Crippen LogP contribution in [0.2, 0.25) is 0 Å². The van der Waals surface area contributed by atoms with E-state index in [0.717, 1.165) is 42.9 Å². The van der Waals surface area contributed by atoms with Gasteiger partial charge in [0.2, 0.25) is 0 Å². The summed E-state index contributed by atoms with van der Waals surface area (Å²) in [7, 11) is 0. The highest BCUT2D eigenvalue weighted by molar-refractivity contribution is 5.89. The summed E-state index contributed by atoms with van der Waals surface area (Å²) in [5.74, 6) is 0.622. The highest BCUT2D eigenvalue weighted by Gasteiger charge is 2.46. The Morgan fingerprint density at radius 2 is 1.79 bits per heavy atom. The maximum Gasteiger partial charge on any atom is 0.321 e. The van der Waals surface area contributed by atoms with E-state index >= 15 is 0 Å². The zero-order chi connectivity index (χ0) is 19.4. The van der Waals surface area contributed by atoms with Gasteiger partial charge in [-0.2, -0.15) is 0 Å². The van der Waals surface area contributed by atoms with Crippen molar-refractivity contribution in [2.75, 3.05) is 26.2 Å². The summed E-state index contributed by atoms with van der Waals surface area (Å²) < 4.78 is 12.1. The Balaban J connectivity index is 1.69. The molecule has 0 aromatic heterocycles. The Labute approximate surface area is 167 Å². The molecule has 0 spiro atoms. The minimum Gasteiger partial charge on any atom is -0.493 e. The molecule has 148 valence electrons. The molecule has 2 aromatic carbocycles. The molecule has 4 rings (SSSR count). The van der Waals surface area contributed by atoms with Crippen LogP contribution in [0.3, 0.4) is 0 Å². The fraction of sp³-hybridized carbons (Fsp3) is 0.458. The van der Waals surface area contributed by atoms with Gasteiger partial charge in [0.25, 0.3) is 0 Å². The lowest BCUT2D eigenvalue weighted by molar-refractivity contribution is -0.154. The molecule has 0 radical (unpaired) electrons. The first-order valence-corrected chi connectivity index (χ1v) is 10.4. The van der Waals surface area contributed by atoms with E-state index in [1.165, 1.54) is 12.8 Å². The van der Waals surface area contributed by atoms with Gasteiger partial charge in [0.15, 0.2) is 0 Å². The largest absolute Gasteiger partial charge is 0.493 e. The van der Waals surface area contributed by atoms with Crippen molar-refractivity contribution in [1.29, 1.82) is 0 Å². The van der Waals surface area contributed by atoms with Crippen molar-refractivity contribution in [2.24, 2.45) is 0 Å². The summed E-state index contributed by atoms with van der Waals surface area (Å²) in [4.78, 5) is 16.1. The van der Waals surface area contributed by atoms with Gasteiger partial charge < -0.3 is 9.47 Å². The molecular weight excluding hydrogens is 350 g/mol. The quantitative estimate of drug-likeness (QED) is 0.731. The average molecular weight is 380 g/mol. The zero-order valence-corrected chi connectivity index (χ0v) is 16.6. The molecule has 4 nitrogen and oxygen atoms in total. The standard InChI is InChI=1S/C24H29NO3/c1-19(18-25-15-7-8-16-25)28-23(26)24(20-10-3-2-4-11-20)14-9-17-27-22-13-6-5-12-21(22)24/h2-6,10-13,19H,7-9,14-18H2,1H3. The number of esters is 1. The number of nitrogens with zero attached hydrogens (tertiary/aromatic N) is 1. The van der Waals surface area contributed by atoms with E-state index in [-0.39, 0.29) is 12.1 Å². The molecule has 0 amide bonds. The van der Waals surface area contributed by atoms with Gasteiger partial charge in [-0.25, -0.2) is 0 Å². The molecule has 4 heteroatoms. The number of benzene rings is 2. The predicted octanol–water partition coefficient (Wildman–Crippen LogP) is 4.17. The maximum absolute atomic E-state index is 13.7. The van der Waals surface area contributed by atoms with Crippen LogP contribution in [-0.2, 0) is 14.9 Å². The van der Waals surface area contributed by atoms with Crippen LogP contribution >= 0.6 is 0 Å².